The minimum Gasteiger partial charge on any atom is -0.356 e. The van der Waals surface area contributed by atoms with Gasteiger partial charge in [0.05, 0.1) is 5.92 Å². The molecule has 0 aromatic carbocycles. The Hall–Kier alpha value is -2.09. The van der Waals surface area contributed by atoms with E-state index < -0.39 is 0 Å². The van der Waals surface area contributed by atoms with E-state index in [0.29, 0.717) is 6.54 Å². The van der Waals surface area contributed by atoms with Gasteiger partial charge in [0.2, 0.25) is 5.91 Å². The first kappa shape index (κ1) is 18.7. The number of aromatic nitrogens is 4. The Kier molecular flexibility index (Phi) is 6.49. The van der Waals surface area contributed by atoms with Crippen molar-refractivity contribution in [2.75, 3.05) is 30.3 Å². The highest BCUT2D eigenvalue weighted by molar-refractivity contribution is 7.99. The zero-order valence-corrected chi connectivity index (χ0v) is 16.2. The summed E-state index contributed by atoms with van der Waals surface area (Å²) in [6.45, 7) is 7.23. The highest BCUT2D eigenvalue weighted by Crippen LogP contribution is 2.21. The van der Waals surface area contributed by atoms with Gasteiger partial charge in [0.1, 0.15) is 11.6 Å². The monoisotopic (exact) mass is 374 g/mol. The van der Waals surface area contributed by atoms with Gasteiger partial charge in [-0.25, -0.2) is 4.98 Å². The molecule has 2 aromatic heterocycles. The smallest absolute Gasteiger partial charge is 0.224 e. The van der Waals surface area contributed by atoms with E-state index in [0.717, 1.165) is 55.0 Å². The quantitative estimate of drug-likeness (QED) is 0.591. The topological polar surface area (TPSA) is 75.9 Å². The van der Waals surface area contributed by atoms with Gasteiger partial charge >= 0.3 is 0 Å². The third-order valence-corrected chi connectivity index (χ3v) is 5.58. The summed E-state index contributed by atoms with van der Waals surface area (Å²) in [5.41, 5.74) is 0. The Morgan fingerprint density at radius 3 is 3.04 bits per heavy atom. The summed E-state index contributed by atoms with van der Waals surface area (Å²) in [5, 5.41) is 12.3. The number of anilines is 1. The van der Waals surface area contributed by atoms with Crippen LogP contribution in [-0.2, 0) is 11.3 Å². The summed E-state index contributed by atoms with van der Waals surface area (Å²) in [4.78, 5) is 19.1. The third-order valence-electron chi connectivity index (χ3n) is 4.62. The van der Waals surface area contributed by atoms with Gasteiger partial charge in [-0.05, 0) is 38.8 Å². The number of piperidine rings is 1. The van der Waals surface area contributed by atoms with Crippen molar-refractivity contribution in [1.82, 2.24) is 25.1 Å². The van der Waals surface area contributed by atoms with Crippen LogP contribution in [0.25, 0.3) is 0 Å². The summed E-state index contributed by atoms with van der Waals surface area (Å²) in [6.07, 6.45) is 3.75. The van der Waals surface area contributed by atoms with Crippen molar-refractivity contribution in [2.45, 2.75) is 38.4 Å². The third kappa shape index (κ3) is 4.55. The van der Waals surface area contributed by atoms with Crippen molar-refractivity contribution in [3.63, 3.8) is 0 Å². The molecular weight excluding hydrogens is 348 g/mol. The largest absolute Gasteiger partial charge is 0.356 e. The summed E-state index contributed by atoms with van der Waals surface area (Å²) in [6, 6.07) is 5.90. The van der Waals surface area contributed by atoms with E-state index in [9.17, 15) is 4.79 Å². The molecule has 1 unspecified atom stereocenters. The number of hydrogen-bond donors (Lipinski definition) is 1. The first-order chi connectivity index (χ1) is 12.7. The fourth-order valence-corrected chi connectivity index (χ4v) is 4.14. The van der Waals surface area contributed by atoms with E-state index >= 15 is 0 Å². The molecule has 1 N–H and O–H groups in total. The second-order valence-electron chi connectivity index (χ2n) is 6.39. The zero-order chi connectivity index (χ0) is 18.4. The summed E-state index contributed by atoms with van der Waals surface area (Å²) < 4.78 is 2.08. The van der Waals surface area contributed by atoms with E-state index in [1.165, 1.54) is 0 Å². The molecule has 8 heteroatoms. The van der Waals surface area contributed by atoms with E-state index in [2.05, 4.69) is 36.9 Å². The molecule has 7 nitrogen and oxygen atoms in total. The second-order valence-corrected chi connectivity index (χ2v) is 7.45. The molecule has 1 aliphatic heterocycles. The molecule has 1 aliphatic rings. The Bertz CT molecular complexity index is 720. The number of nitrogens with zero attached hydrogens (tertiary/aromatic N) is 5. The van der Waals surface area contributed by atoms with Crippen LogP contribution in [0.15, 0.2) is 29.6 Å². The first-order valence-corrected chi connectivity index (χ1v) is 10.1. The molecule has 1 saturated heterocycles. The fraction of sp³-hybridized carbons (Fsp3) is 0.556. The van der Waals surface area contributed by atoms with Crippen molar-refractivity contribution in [3.8, 4) is 0 Å². The van der Waals surface area contributed by atoms with Crippen LogP contribution in [-0.4, -0.2) is 51.0 Å². The Labute approximate surface area is 158 Å². The molecule has 0 radical (unpaired) electrons. The number of rotatable bonds is 7. The number of carbonyl (C=O) groups is 1. The molecule has 2 aromatic rings. The molecule has 1 atom stereocenters. The molecule has 140 valence electrons. The maximum Gasteiger partial charge on any atom is 0.224 e. The number of thioether (sulfide) groups is 1. The number of amides is 1. The van der Waals surface area contributed by atoms with Gasteiger partial charge in [0.15, 0.2) is 5.16 Å². The molecule has 0 aliphatic carbocycles. The predicted molar refractivity (Wildman–Crippen MR) is 103 cm³/mol. The van der Waals surface area contributed by atoms with Gasteiger partial charge in [-0.3, -0.25) is 4.79 Å². The Morgan fingerprint density at radius 2 is 2.27 bits per heavy atom. The minimum atomic E-state index is 0.0253. The van der Waals surface area contributed by atoms with E-state index in [4.69, 9.17) is 0 Å². The van der Waals surface area contributed by atoms with Crippen molar-refractivity contribution >= 4 is 23.5 Å². The molecule has 3 rings (SSSR count). The highest BCUT2D eigenvalue weighted by Gasteiger charge is 2.26. The lowest BCUT2D eigenvalue weighted by Gasteiger charge is -2.32. The standard InChI is InChI=1S/C18H26N6OS/c1-3-24-14(2)21-22-18(24)26-12-10-20-17(25)15-7-6-11-23(13-15)16-8-4-5-9-19-16/h4-5,8-9,15H,3,6-7,10-13H2,1-2H3,(H,20,25). The lowest BCUT2D eigenvalue weighted by Crippen LogP contribution is -2.43. The van der Waals surface area contributed by atoms with Crippen LogP contribution in [0.4, 0.5) is 5.82 Å². The van der Waals surface area contributed by atoms with E-state index in [1.54, 1.807) is 18.0 Å². The van der Waals surface area contributed by atoms with Crippen molar-refractivity contribution in [2.24, 2.45) is 5.92 Å². The normalized spacial score (nSPS) is 17.3. The molecule has 0 spiro atoms. The van der Waals surface area contributed by atoms with Gasteiger partial charge in [-0.2, -0.15) is 0 Å². The molecule has 3 heterocycles. The summed E-state index contributed by atoms with van der Waals surface area (Å²) in [7, 11) is 0. The highest BCUT2D eigenvalue weighted by atomic mass is 32.2. The lowest BCUT2D eigenvalue weighted by molar-refractivity contribution is -0.125. The molecule has 0 saturated carbocycles. The average Bonchev–Trinajstić information content (AvgIpc) is 3.05. The second kappa shape index (κ2) is 9.02. The van der Waals surface area contributed by atoms with Crippen LogP contribution in [0, 0.1) is 12.8 Å². The van der Waals surface area contributed by atoms with Gasteiger partial charge in [-0.1, -0.05) is 17.8 Å². The van der Waals surface area contributed by atoms with Crippen molar-refractivity contribution in [1.29, 1.82) is 0 Å². The maximum absolute atomic E-state index is 12.5. The average molecular weight is 375 g/mol. The van der Waals surface area contributed by atoms with E-state index in [1.807, 2.05) is 25.1 Å². The van der Waals surface area contributed by atoms with Crippen molar-refractivity contribution < 1.29 is 4.79 Å². The van der Waals surface area contributed by atoms with Gasteiger partial charge in [-0.15, -0.1) is 10.2 Å². The summed E-state index contributed by atoms with van der Waals surface area (Å²) in [5.74, 6) is 2.84. The first-order valence-electron chi connectivity index (χ1n) is 9.15. The van der Waals surface area contributed by atoms with Crippen LogP contribution in [0.5, 0.6) is 0 Å². The molecule has 1 amide bonds. The molecule has 0 bridgehead atoms. The number of pyridine rings is 1. The number of hydrogen-bond acceptors (Lipinski definition) is 6. The molecular formula is C18H26N6OS. The van der Waals surface area contributed by atoms with Crippen LogP contribution >= 0.6 is 11.8 Å². The van der Waals surface area contributed by atoms with Gasteiger partial charge < -0.3 is 14.8 Å². The van der Waals surface area contributed by atoms with Gasteiger partial charge in [0.25, 0.3) is 0 Å². The maximum atomic E-state index is 12.5. The number of aryl methyl sites for hydroxylation is 1. The van der Waals surface area contributed by atoms with Crippen LogP contribution in [0.3, 0.4) is 0 Å². The van der Waals surface area contributed by atoms with Crippen LogP contribution in [0.2, 0.25) is 0 Å². The zero-order valence-electron chi connectivity index (χ0n) is 15.4. The SMILES string of the molecule is CCn1c(C)nnc1SCCNC(=O)C1CCCN(c2ccccn2)C1. The van der Waals surface area contributed by atoms with Crippen molar-refractivity contribution in [3.05, 3.63) is 30.2 Å². The van der Waals surface area contributed by atoms with E-state index in [-0.39, 0.29) is 11.8 Å². The number of nitrogens with one attached hydrogen (secondary N) is 1. The predicted octanol–water partition coefficient (Wildman–Crippen LogP) is 2.13. The fourth-order valence-electron chi connectivity index (χ4n) is 3.23. The minimum absolute atomic E-state index is 0.0253. The lowest BCUT2D eigenvalue weighted by atomic mass is 9.97. The van der Waals surface area contributed by atoms with Crippen LogP contribution < -0.4 is 10.2 Å². The molecule has 26 heavy (non-hydrogen) atoms. The Balaban J connectivity index is 1.44. The number of carbonyl (C=O) groups excluding carboxylic acids is 1. The van der Waals surface area contributed by atoms with Crippen LogP contribution in [0.1, 0.15) is 25.6 Å². The Morgan fingerprint density at radius 1 is 1.38 bits per heavy atom. The summed E-state index contributed by atoms with van der Waals surface area (Å²) >= 11 is 1.63. The van der Waals surface area contributed by atoms with Gasteiger partial charge in [0, 0.05) is 38.1 Å². The molecule has 1 fully saturated rings.